The zero-order valence-corrected chi connectivity index (χ0v) is 14.1. The summed E-state index contributed by atoms with van der Waals surface area (Å²) in [6, 6.07) is 15.8. The molecule has 0 fully saturated rings. The van der Waals surface area contributed by atoms with Gasteiger partial charge in [0.2, 0.25) is 0 Å². The number of hydrogen-bond donors (Lipinski definition) is 0. The molecule has 2 aromatic rings. The van der Waals surface area contributed by atoms with Crippen LogP contribution in [0.2, 0.25) is 0 Å². The van der Waals surface area contributed by atoms with Gasteiger partial charge in [-0.15, -0.1) is 0 Å². The summed E-state index contributed by atoms with van der Waals surface area (Å²) in [5.74, 6) is -0.403. The van der Waals surface area contributed by atoms with E-state index in [9.17, 15) is 9.59 Å². The molecular weight excluding hydrogens is 304 g/mol. The fraction of sp³-hybridized carbons (Fsp3) is 0.300. The molecule has 0 radical (unpaired) electrons. The topological polar surface area (TPSA) is 52.6 Å². The average Bonchev–Trinajstić information content (AvgIpc) is 2.64. The Kier molecular flexibility index (Phi) is 6.55. The third-order valence-electron chi connectivity index (χ3n) is 3.59. The van der Waals surface area contributed by atoms with Crippen molar-refractivity contribution < 1.29 is 19.1 Å². The maximum Gasteiger partial charge on any atom is 0.305 e. The van der Waals surface area contributed by atoms with Gasteiger partial charge in [0.15, 0.2) is 0 Å². The summed E-state index contributed by atoms with van der Waals surface area (Å²) >= 11 is 0. The summed E-state index contributed by atoms with van der Waals surface area (Å²) in [6.45, 7) is 4.12. The molecule has 2 aromatic carbocycles. The first kappa shape index (κ1) is 17.7. The minimum atomic E-state index is -0.202. The van der Waals surface area contributed by atoms with Gasteiger partial charge >= 0.3 is 11.9 Å². The van der Waals surface area contributed by atoms with Gasteiger partial charge in [-0.05, 0) is 28.3 Å². The number of rotatable bonds is 7. The first-order valence-electron chi connectivity index (χ1n) is 8.12. The van der Waals surface area contributed by atoms with E-state index in [1.54, 1.807) is 13.8 Å². The van der Waals surface area contributed by atoms with E-state index in [4.69, 9.17) is 9.47 Å². The van der Waals surface area contributed by atoms with E-state index in [2.05, 4.69) is 0 Å². The minimum Gasteiger partial charge on any atom is -0.461 e. The zero-order valence-electron chi connectivity index (χ0n) is 14.1. The van der Waals surface area contributed by atoms with Crippen LogP contribution in [-0.4, -0.2) is 11.9 Å². The second-order valence-corrected chi connectivity index (χ2v) is 5.43. The van der Waals surface area contributed by atoms with Crippen molar-refractivity contribution >= 4 is 11.9 Å². The Hall–Kier alpha value is -2.62. The summed E-state index contributed by atoms with van der Waals surface area (Å²) in [5, 5.41) is 0. The lowest BCUT2D eigenvalue weighted by Crippen LogP contribution is -2.02. The van der Waals surface area contributed by atoms with E-state index in [1.807, 2.05) is 48.5 Å². The molecule has 0 amide bonds. The van der Waals surface area contributed by atoms with Gasteiger partial charge in [-0.2, -0.15) is 0 Å². The van der Waals surface area contributed by atoms with Crippen molar-refractivity contribution in [1.29, 1.82) is 0 Å². The van der Waals surface area contributed by atoms with Crippen LogP contribution in [-0.2, 0) is 32.3 Å². The molecular formula is C20H22O4. The van der Waals surface area contributed by atoms with Crippen LogP contribution in [0, 0.1) is 0 Å². The van der Waals surface area contributed by atoms with E-state index < -0.39 is 0 Å². The molecule has 0 aliphatic carbocycles. The highest BCUT2D eigenvalue weighted by molar-refractivity contribution is 5.69. The molecule has 126 valence electrons. The average molecular weight is 326 g/mol. The normalized spacial score (nSPS) is 10.2. The van der Waals surface area contributed by atoms with Gasteiger partial charge in [0, 0.05) is 12.8 Å². The standard InChI is InChI=1S/C20H22O4/c1-3-19(21)23-13-15-8-10-17(11-9-15)18-7-5-6-16(12-18)14-24-20(22)4-2/h5-12H,3-4,13-14H2,1-2H3. The van der Waals surface area contributed by atoms with Crippen LogP contribution in [0.25, 0.3) is 11.1 Å². The Labute approximate surface area is 142 Å². The van der Waals surface area contributed by atoms with Gasteiger partial charge in [-0.25, -0.2) is 0 Å². The number of hydrogen-bond acceptors (Lipinski definition) is 4. The molecule has 0 aromatic heterocycles. The third kappa shape index (κ3) is 5.23. The van der Waals surface area contributed by atoms with Crippen molar-refractivity contribution in [3.05, 3.63) is 59.7 Å². The maximum absolute atomic E-state index is 11.3. The minimum absolute atomic E-state index is 0.201. The first-order valence-corrected chi connectivity index (χ1v) is 8.12. The molecule has 24 heavy (non-hydrogen) atoms. The van der Waals surface area contributed by atoms with Gasteiger partial charge in [0.25, 0.3) is 0 Å². The van der Waals surface area contributed by atoms with E-state index >= 15 is 0 Å². The molecule has 0 atom stereocenters. The molecule has 4 heteroatoms. The molecule has 0 N–H and O–H groups in total. The molecule has 4 nitrogen and oxygen atoms in total. The molecule has 0 aliphatic rings. The maximum atomic E-state index is 11.3. The van der Waals surface area contributed by atoms with Crippen LogP contribution < -0.4 is 0 Å². The number of carbonyl (C=O) groups excluding carboxylic acids is 2. The lowest BCUT2D eigenvalue weighted by Gasteiger charge is -2.08. The fourth-order valence-corrected chi connectivity index (χ4v) is 2.17. The molecule has 0 spiro atoms. The molecule has 0 bridgehead atoms. The summed E-state index contributed by atoms with van der Waals surface area (Å²) in [5.41, 5.74) is 4.02. The lowest BCUT2D eigenvalue weighted by atomic mass is 10.0. The molecule has 2 rings (SSSR count). The molecule has 0 saturated carbocycles. The van der Waals surface area contributed by atoms with Crippen LogP contribution >= 0.6 is 0 Å². The molecule has 0 unspecified atom stereocenters. The third-order valence-corrected chi connectivity index (χ3v) is 3.59. The summed E-state index contributed by atoms with van der Waals surface area (Å²) in [7, 11) is 0. The quantitative estimate of drug-likeness (QED) is 0.713. The van der Waals surface area contributed by atoms with Crippen molar-refractivity contribution in [2.24, 2.45) is 0 Å². The second-order valence-electron chi connectivity index (χ2n) is 5.43. The van der Waals surface area contributed by atoms with Gasteiger partial charge in [0.05, 0.1) is 0 Å². The Morgan fingerprint density at radius 3 is 1.92 bits per heavy atom. The summed E-state index contributed by atoms with van der Waals surface area (Å²) < 4.78 is 10.3. The fourth-order valence-electron chi connectivity index (χ4n) is 2.17. The van der Waals surface area contributed by atoms with Crippen LogP contribution in [0.5, 0.6) is 0 Å². The van der Waals surface area contributed by atoms with E-state index in [0.717, 1.165) is 22.3 Å². The van der Waals surface area contributed by atoms with Gasteiger partial charge in [-0.3, -0.25) is 9.59 Å². The highest BCUT2D eigenvalue weighted by atomic mass is 16.5. The summed E-state index contributed by atoms with van der Waals surface area (Å²) in [6.07, 6.45) is 0.761. The zero-order chi connectivity index (χ0) is 17.4. The predicted octanol–water partition coefficient (Wildman–Crippen LogP) is 4.26. The molecule has 0 aliphatic heterocycles. The summed E-state index contributed by atoms with van der Waals surface area (Å²) in [4.78, 5) is 22.4. The van der Waals surface area contributed by atoms with Crippen molar-refractivity contribution in [1.82, 2.24) is 0 Å². The largest absolute Gasteiger partial charge is 0.461 e. The van der Waals surface area contributed by atoms with Gasteiger partial charge < -0.3 is 9.47 Å². The number of benzene rings is 2. The number of esters is 2. The molecule has 0 saturated heterocycles. The van der Waals surface area contributed by atoms with E-state index in [1.165, 1.54) is 0 Å². The lowest BCUT2D eigenvalue weighted by molar-refractivity contribution is -0.145. The Balaban J connectivity index is 2.03. The first-order chi connectivity index (χ1) is 11.6. The van der Waals surface area contributed by atoms with Crippen LogP contribution in [0.15, 0.2) is 48.5 Å². The Bertz CT molecular complexity index is 689. The number of ether oxygens (including phenoxy) is 2. The highest BCUT2D eigenvalue weighted by Crippen LogP contribution is 2.21. The van der Waals surface area contributed by atoms with E-state index in [0.29, 0.717) is 19.4 Å². The highest BCUT2D eigenvalue weighted by Gasteiger charge is 2.04. The molecule has 0 heterocycles. The second kappa shape index (κ2) is 8.87. The smallest absolute Gasteiger partial charge is 0.305 e. The van der Waals surface area contributed by atoms with Crippen LogP contribution in [0.1, 0.15) is 37.8 Å². The van der Waals surface area contributed by atoms with Crippen molar-refractivity contribution in [2.45, 2.75) is 39.9 Å². The number of carbonyl (C=O) groups is 2. The van der Waals surface area contributed by atoms with Crippen molar-refractivity contribution in [3.63, 3.8) is 0 Å². The van der Waals surface area contributed by atoms with Crippen LogP contribution in [0.4, 0.5) is 0 Å². The van der Waals surface area contributed by atoms with Crippen molar-refractivity contribution in [2.75, 3.05) is 0 Å². The Morgan fingerprint density at radius 1 is 0.750 bits per heavy atom. The Morgan fingerprint density at radius 2 is 1.33 bits per heavy atom. The van der Waals surface area contributed by atoms with E-state index in [-0.39, 0.29) is 18.5 Å². The van der Waals surface area contributed by atoms with Crippen molar-refractivity contribution in [3.8, 4) is 11.1 Å². The predicted molar refractivity (Wildman–Crippen MR) is 92.1 cm³/mol. The van der Waals surface area contributed by atoms with Crippen LogP contribution in [0.3, 0.4) is 0 Å². The van der Waals surface area contributed by atoms with Gasteiger partial charge in [-0.1, -0.05) is 56.3 Å². The monoisotopic (exact) mass is 326 g/mol. The SMILES string of the molecule is CCC(=O)OCc1ccc(-c2cccc(COC(=O)CC)c2)cc1. The van der Waals surface area contributed by atoms with Gasteiger partial charge in [0.1, 0.15) is 13.2 Å².